The third-order valence-electron chi connectivity index (χ3n) is 4.48. The number of rotatable bonds is 4. The molecule has 1 atom stereocenters. The molecule has 0 radical (unpaired) electrons. The van der Waals surface area contributed by atoms with Gasteiger partial charge in [-0.25, -0.2) is 4.39 Å². The Morgan fingerprint density at radius 1 is 1.15 bits per heavy atom. The van der Waals surface area contributed by atoms with Crippen LogP contribution in [-0.4, -0.2) is 16.8 Å². The van der Waals surface area contributed by atoms with Crippen LogP contribution < -0.4 is 5.32 Å². The summed E-state index contributed by atoms with van der Waals surface area (Å²) in [4.78, 5) is 24.8. The van der Waals surface area contributed by atoms with Crippen LogP contribution in [0.3, 0.4) is 0 Å². The van der Waals surface area contributed by atoms with Gasteiger partial charge in [-0.1, -0.05) is 11.6 Å². The Balaban J connectivity index is 1.61. The molecule has 2 heterocycles. The average Bonchev–Trinajstić information content (AvgIpc) is 3.21. The zero-order valence-corrected chi connectivity index (χ0v) is 14.6. The van der Waals surface area contributed by atoms with Crippen molar-refractivity contribution in [1.29, 1.82) is 0 Å². The lowest BCUT2D eigenvalue weighted by molar-refractivity contribution is -0.133. The van der Waals surface area contributed by atoms with E-state index in [-0.39, 0.29) is 17.0 Å². The van der Waals surface area contributed by atoms with Crippen LogP contribution in [0.5, 0.6) is 0 Å². The standard InChI is InChI=1S/C20H13ClFNO4/c21-12-3-1-11(2-4-12)17-7-8-18(27-17)16(24)10-20(26)14-9-13(22)5-6-15(14)23-19(20)25/h1-9,26H,10H2,(H,23,25). The summed E-state index contributed by atoms with van der Waals surface area (Å²) in [6.07, 6.45) is -0.567. The van der Waals surface area contributed by atoms with Gasteiger partial charge in [0.25, 0.3) is 5.91 Å². The highest BCUT2D eigenvalue weighted by atomic mass is 35.5. The van der Waals surface area contributed by atoms with Gasteiger partial charge in [0, 0.05) is 21.8 Å². The fourth-order valence-corrected chi connectivity index (χ4v) is 3.19. The first-order valence-corrected chi connectivity index (χ1v) is 8.47. The minimum Gasteiger partial charge on any atom is -0.453 e. The van der Waals surface area contributed by atoms with E-state index < -0.39 is 29.5 Å². The maximum atomic E-state index is 13.5. The van der Waals surface area contributed by atoms with Crippen molar-refractivity contribution < 1.29 is 23.5 Å². The highest BCUT2D eigenvalue weighted by Crippen LogP contribution is 2.39. The van der Waals surface area contributed by atoms with Gasteiger partial charge < -0.3 is 14.8 Å². The number of benzene rings is 2. The number of anilines is 1. The van der Waals surface area contributed by atoms with Crippen molar-refractivity contribution in [1.82, 2.24) is 0 Å². The topological polar surface area (TPSA) is 79.5 Å². The number of aliphatic hydroxyl groups is 1. The number of fused-ring (bicyclic) bond motifs is 1. The molecule has 4 rings (SSSR count). The number of hydrogen-bond donors (Lipinski definition) is 2. The van der Waals surface area contributed by atoms with Gasteiger partial charge in [0.15, 0.2) is 11.4 Å². The van der Waals surface area contributed by atoms with Gasteiger partial charge in [-0.2, -0.15) is 0 Å². The maximum absolute atomic E-state index is 13.5. The normalized spacial score (nSPS) is 18.3. The summed E-state index contributed by atoms with van der Waals surface area (Å²) >= 11 is 5.85. The lowest BCUT2D eigenvalue weighted by Gasteiger charge is -2.19. The summed E-state index contributed by atoms with van der Waals surface area (Å²) in [5.74, 6) is -1.53. The van der Waals surface area contributed by atoms with Crippen LogP contribution in [0.1, 0.15) is 22.5 Å². The molecular formula is C20H13ClFNO4. The van der Waals surface area contributed by atoms with Crippen molar-refractivity contribution in [2.45, 2.75) is 12.0 Å². The lowest BCUT2D eigenvalue weighted by Crippen LogP contribution is -2.36. The molecule has 0 saturated carbocycles. The van der Waals surface area contributed by atoms with E-state index in [2.05, 4.69) is 5.32 Å². The molecule has 2 N–H and O–H groups in total. The van der Waals surface area contributed by atoms with Gasteiger partial charge >= 0.3 is 0 Å². The van der Waals surface area contributed by atoms with Gasteiger partial charge in [-0.05, 0) is 54.6 Å². The summed E-state index contributed by atoms with van der Waals surface area (Å²) in [5.41, 5.74) is -1.12. The monoisotopic (exact) mass is 385 g/mol. The van der Waals surface area contributed by atoms with Crippen LogP contribution >= 0.6 is 11.6 Å². The van der Waals surface area contributed by atoms with Gasteiger partial charge in [0.2, 0.25) is 5.78 Å². The Morgan fingerprint density at radius 3 is 2.63 bits per heavy atom. The third-order valence-corrected chi connectivity index (χ3v) is 4.73. The number of Topliss-reactive ketones (excluding diaryl/α,β-unsaturated/α-hetero) is 1. The number of hydrogen-bond acceptors (Lipinski definition) is 4. The van der Waals surface area contributed by atoms with Crippen molar-refractivity contribution in [2.75, 3.05) is 5.32 Å². The minimum atomic E-state index is -2.15. The summed E-state index contributed by atoms with van der Waals surface area (Å²) < 4.78 is 19.1. The smallest absolute Gasteiger partial charge is 0.261 e. The van der Waals surface area contributed by atoms with E-state index in [1.54, 1.807) is 30.3 Å². The average molecular weight is 386 g/mol. The zero-order chi connectivity index (χ0) is 19.2. The molecule has 3 aromatic rings. The van der Waals surface area contributed by atoms with Crippen molar-refractivity contribution in [2.24, 2.45) is 0 Å². The largest absolute Gasteiger partial charge is 0.453 e. The van der Waals surface area contributed by atoms with Crippen molar-refractivity contribution in [3.63, 3.8) is 0 Å². The second kappa shape index (κ2) is 6.33. The Hall–Kier alpha value is -2.96. The summed E-state index contributed by atoms with van der Waals surface area (Å²) in [6.45, 7) is 0. The molecule has 0 bridgehead atoms. The molecule has 1 aromatic heterocycles. The Labute approximate surface area is 158 Å². The molecule has 2 aromatic carbocycles. The van der Waals surface area contributed by atoms with Crippen LogP contribution in [0.25, 0.3) is 11.3 Å². The minimum absolute atomic E-state index is 0.00831. The van der Waals surface area contributed by atoms with Crippen LogP contribution in [0.2, 0.25) is 5.02 Å². The number of amides is 1. The van der Waals surface area contributed by atoms with E-state index in [1.807, 2.05) is 0 Å². The Kier molecular flexibility index (Phi) is 4.09. The van der Waals surface area contributed by atoms with E-state index >= 15 is 0 Å². The molecule has 27 heavy (non-hydrogen) atoms. The second-order valence-corrected chi connectivity index (χ2v) is 6.71. The highest BCUT2D eigenvalue weighted by Gasteiger charge is 2.47. The van der Waals surface area contributed by atoms with Gasteiger partial charge in [-0.15, -0.1) is 0 Å². The predicted molar refractivity (Wildman–Crippen MR) is 97.0 cm³/mol. The van der Waals surface area contributed by atoms with Crippen LogP contribution in [-0.2, 0) is 10.4 Å². The Morgan fingerprint density at radius 2 is 1.89 bits per heavy atom. The van der Waals surface area contributed by atoms with Gasteiger partial charge in [0.1, 0.15) is 11.6 Å². The van der Waals surface area contributed by atoms with Crippen molar-refractivity contribution in [3.8, 4) is 11.3 Å². The van der Waals surface area contributed by atoms with Gasteiger partial charge in [-0.3, -0.25) is 9.59 Å². The van der Waals surface area contributed by atoms with E-state index in [9.17, 15) is 19.1 Å². The Bertz CT molecular complexity index is 1060. The first-order chi connectivity index (χ1) is 12.9. The fourth-order valence-electron chi connectivity index (χ4n) is 3.07. The first kappa shape index (κ1) is 17.5. The number of carbonyl (C=O) groups is 2. The molecule has 0 fully saturated rings. The molecule has 1 aliphatic heterocycles. The number of nitrogens with one attached hydrogen (secondary N) is 1. The predicted octanol–water partition coefficient (Wildman–Crippen LogP) is 4.15. The summed E-state index contributed by atoms with van der Waals surface area (Å²) in [6, 6.07) is 13.5. The molecule has 1 unspecified atom stereocenters. The maximum Gasteiger partial charge on any atom is 0.261 e. The molecule has 7 heteroatoms. The van der Waals surface area contributed by atoms with E-state index in [0.717, 1.165) is 17.7 Å². The first-order valence-electron chi connectivity index (χ1n) is 8.10. The summed E-state index contributed by atoms with van der Waals surface area (Å²) in [5, 5.41) is 13.8. The molecule has 0 spiro atoms. The van der Waals surface area contributed by atoms with Crippen LogP contribution in [0, 0.1) is 5.82 Å². The lowest BCUT2D eigenvalue weighted by atomic mass is 9.89. The molecule has 0 saturated heterocycles. The van der Waals surface area contributed by atoms with Crippen molar-refractivity contribution in [3.05, 3.63) is 76.8 Å². The number of carbonyl (C=O) groups excluding carboxylic acids is 2. The van der Waals surface area contributed by atoms with Crippen LogP contribution in [0.4, 0.5) is 10.1 Å². The zero-order valence-electron chi connectivity index (χ0n) is 13.8. The summed E-state index contributed by atoms with van der Waals surface area (Å²) in [7, 11) is 0. The van der Waals surface area contributed by atoms with E-state index in [1.165, 1.54) is 12.1 Å². The van der Waals surface area contributed by atoms with Crippen molar-refractivity contribution >= 4 is 29.0 Å². The number of ketones is 1. The molecule has 0 aliphatic carbocycles. The quantitative estimate of drug-likeness (QED) is 0.661. The molecule has 1 aliphatic rings. The third kappa shape index (κ3) is 3.03. The molecule has 136 valence electrons. The molecular weight excluding hydrogens is 373 g/mol. The second-order valence-electron chi connectivity index (χ2n) is 6.28. The van der Waals surface area contributed by atoms with Crippen LogP contribution in [0.15, 0.2) is 59.0 Å². The molecule has 1 amide bonds. The fraction of sp³-hybridized carbons (Fsp3) is 0.100. The highest BCUT2D eigenvalue weighted by molar-refractivity contribution is 6.30. The van der Waals surface area contributed by atoms with E-state index in [0.29, 0.717) is 10.8 Å². The number of furan rings is 1. The number of halogens is 2. The van der Waals surface area contributed by atoms with E-state index in [4.69, 9.17) is 16.0 Å². The van der Waals surface area contributed by atoms with Gasteiger partial charge in [0.05, 0.1) is 6.42 Å². The SMILES string of the molecule is O=C(CC1(O)C(=O)Nc2ccc(F)cc21)c1ccc(-c2ccc(Cl)cc2)o1. The molecule has 5 nitrogen and oxygen atoms in total.